The average Bonchev–Trinajstić information content (AvgIpc) is 3.13. The Labute approximate surface area is 200 Å². The number of carbonyl (C=O) groups excluding carboxylic acids is 3. The molecule has 5 rings (SSSR count). The summed E-state index contributed by atoms with van der Waals surface area (Å²) >= 11 is 6.48. The molecule has 2 N–H and O–H groups in total. The number of aromatic hydroxyl groups is 1. The highest BCUT2D eigenvalue weighted by atomic mass is 35.5. The fourth-order valence-corrected chi connectivity index (χ4v) is 5.45. The molecule has 1 spiro atoms. The van der Waals surface area contributed by atoms with Crippen LogP contribution >= 0.6 is 11.6 Å². The van der Waals surface area contributed by atoms with Gasteiger partial charge in [-0.3, -0.25) is 14.4 Å². The summed E-state index contributed by atoms with van der Waals surface area (Å²) in [7, 11) is 2.84. The Kier molecular flexibility index (Phi) is 5.09. The highest BCUT2D eigenvalue weighted by Crippen LogP contribution is 2.55. The number of phenols is 1. The fraction of sp³-hybridized carbons (Fsp3) is 0.320. The molecule has 1 aliphatic carbocycles. The largest absolute Gasteiger partial charge is 0.508 e. The quantitative estimate of drug-likeness (QED) is 0.642. The van der Waals surface area contributed by atoms with E-state index in [-0.39, 0.29) is 52.3 Å². The molecular formula is C25H22ClNO7. The molecule has 34 heavy (non-hydrogen) atoms. The summed E-state index contributed by atoms with van der Waals surface area (Å²) < 4.78 is 16.9. The van der Waals surface area contributed by atoms with Crippen molar-refractivity contribution in [1.29, 1.82) is 0 Å². The Balaban J connectivity index is 1.67. The van der Waals surface area contributed by atoms with Crippen LogP contribution in [0.1, 0.15) is 41.6 Å². The molecule has 1 amide bonds. The topological polar surface area (TPSA) is 111 Å². The molecule has 0 aromatic heterocycles. The van der Waals surface area contributed by atoms with E-state index in [2.05, 4.69) is 5.32 Å². The molecule has 0 saturated heterocycles. The lowest BCUT2D eigenvalue weighted by Crippen LogP contribution is -2.59. The van der Waals surface area contributed by atoms with Crippen LogP contribution in [0.4, 0.5) is 0 Å². The molecule has 0 unspecified atom stereocenters. The summed E-state index contributed by atoms with van der Waals surface area (Å²) in [5.41, 5.74) is -0.258. The third kappa shape index (κ3) is 2.94. The number of benzene rings is 2. The number of carbonyl (C=O) groups is 3. The second-order valence-corrected chi connectivity index (χ2v) is 9.07. The van der Waals surface area contributed by atoms with E-state index >= 15 is 0 Å². The Bertz CT molecular complexity index is 1280. The van der Waals surface area contributed by atoms with Crippen molar-refractivity contribution in [3.8, 4) is 23.0 Å². The first-order valence-electron chi connectivity index (χ1n) is 10.8. The van der Waals surface area contributed by atoms with Gasteiger partial charge in [0.2, 0.25) is 23.1 Å². The number of nitrogens with one attached hydrogen (secondary N) is 1. The molecule has 2 aromatic rings. The van der Waals surface area contributed by atoms with Crippen LogP contribution in [0.2, 0.25) is 5.02 Å². The summed E-state index contributed by atoms with van der Waals surface area (Å²) in [6, 6.07) is 7.82. The van der Waals surface area contributed by atoms with E-state index in [0.717, 1.165) is 0 Å². The normalized spacial score (nSPS) is 25.6. The van der Waals surface area contributed by atoms with Crippen molar-refractivity contribution in [1.82, 2.24) is 5.32 Å². The Morgan fingerprint density at radius 3 is 2.38 bits per heavy atom. The predicted octanol–water partition coefficient (Wildman–Crippen LogP) is 3.54. The average molecular weight is 484 g/mol. The van der Waals surface area contributed by atoms with E-state index in [4.69, 9.17) is 25.8 Å². The van der Waals surface area contributed by atoms with Crippen LogP contribution in [-0.2, 0) is 9.59 Å². The number of phenolic OH excluding ortho intramolecular Hbond substituents is 1. The molecule has 2 aliphatic heterocycles. The van der Waals surface area contributed by atoms with E-state index in [1.165, 1.54) is 32.4 Å². The maximum atomic E-state index is 14.2. The third-order valence-electron chi connectivity index (χ3n) is 6.85. The molecule has 2 aromatic carbocycles. The second kappa shape index (κ2) is 7.77. The van der Waals surface area contributed by atoms with Crippen LogP contribution in [0.15, 0.2) is 41.6 Å². The van der Waals surface area contributed by atoms with Crippen LogP contribution in [0.3, 0.4) is 0 Å². The lowest BCUT2D eigenvalue weighted by Gasteiger charge is -2.41. The minimum Gasteiger partial charge on any atom is -0.508 e. The molecule has 9 heteroatoms. The summed E-state index contributed by atoms with van der Waals surface area (Å²) in [4.78, 5) is 40.5. The Morgan fingerprint density at radius 1 is 1.06 bits per heavy atom. The molecule has 0 radical (unpaired) electrons. The van der Waals surface area contributed by atoms with Gasteiger partial charge in [0.25, 0.3) is 0 Å². The maximum absolute atomic E-state index is 14.2. The van der Waals surface area contributed by atoms with Gasteiger partial charge in [-0.15, -0.1) is 0 Å². The standard InChI is InChI=1S/C25H22ClNO7/c1-11-8-15-19(14(9-18(29)27-15)12-4-6-13(28)7-5-12)23(30)25(11)24(31)20-16(32-2)10-17(33-3)21(26)22(20)34-25/h4-7,10-11,14,28H,8-9H2,1-3H3,(H,27,29)/t11-,14+,25+/m1/s1. The lowest BCUT2D eigenvalue weighted by atomic mass is 9.66. The summed E-state index contributed by atoms with van der Waals surface area (Å²) in [6.45, 7) is 1.74. The van der Waals surface area contributed by atoms with Gasteiger partial charge in [0, 0.05) is 35.6 Å². The molecule has 3 atom stereocenters. The number of hydrogen-bond acceptors (Lipinski definition) is 7. The smallest absolute Gasteiger partial charge is 0.236 e. The van der Waals surface area contributed by atoms with E-state index in [1.807, 2.05) is 0 Å². The molecule has 3 aliphatic rings. The van der Waals surface area contributed by atoms with Crippen molar-refractivity contribution in [2.75, 3.05) is 14.2 Å². The van der Waals surface area contributed by atoms with Crippen molar-refractivity contribution < 1.29 is 33.7 Å². The molecular weight excluding hydrogens is 462 g/mol. The Hall–Kier alpha value is -3.52. The van der Waals surface area contributed by atoms with Gasteiger partial charge in [-0.25, -0.2) is 0 Å². The van der Waals surface area contributed by atoms with Crippen LogP contribution in [0.25, 0.3) is 0 Å². The number of amides is 1. The fourth-order valence-electron chi connectivity index (χ4n) is 5.18. The Morgan fingerprint density at radius 2 is 1.74 bits per heavy atom. The van der Waals surface area contributed by atoms with Gasteiger partial charge < -0.3 is 24.6 Å². The number of hydrogen-bond donors (Lipinski definition) is 2. The summed E-state index contributed by atoms with van der Waals surface area (Å²) in [5.74, 6) is -1.88. The van der Waals surface area contributed by atoms with E-state index in [9.17, 15) is 19.5 Å². The minimum absolute atomic E-state index is 0.0266. The molecule has 0 saturated carbocycles. The van der Waals surface area contributed by atoms with Crippen molar-refractivity contribution in [2.24, 2.45) is 5.92 Å². The van der Waals surface area contributed by atoms with Crippen molar-refractivity contribution in [3.63, 3.8) is 0 Å². The zero-order valence-electron chi connectivity index (χ0n) is 18.7. The molecule has 0 fully saturated rings. The minimum atomic E-state index is -1.85. The van der Waals surface area contributed by atoms with Crippen LogP contribution in [0, 0.1) is 5.92 Å². The zero-order valence-corrected chi connectivity index (χ0v) is 19.5. The van der Waals surface area contributed by atoms with Gasteiger partial charge in [-0.1, -0.05) is 30.7 Å². The van der Waals surface area contributed by atoms with Crippen LogP contribution < -0.4 is 19.5 Å². The van der Waals surface area contributed by atoms with Crippen molar-refractivity contribution in [2.45, 2.75) is 31.3 Å². The number of methoxy groups -OCH3 is 2. The van der Waals surface area contributed by atoms with Gasteiger partial charge in [-0.2, -0.15) is 0 Å². The van der Waals surface area contributed by atoms with Gasteiger partial charge in [0.1, 0.15) is 27.8 Å². The zero-order chi connectivity index (χ0) is 24.4. The second-order valence-electron chi connectivity index (χ2n) is 8.69. The predicted molar refractivity (Wildman–Crippen MR) is 122 cm³/mol. The van der Waals surface area contributed by atoms with Crippen molar-refractivity contribution in [3.05, 3.63) is 57.8 Å². The first kappa shape index (κ1) is 22.3. The van der Waals surface area contributed by atoms with Crippen molar-refractivity contribution >= 4 is 29.1 Å². The number of Topliss-reactive ketones (excluding diaryl/α,β-unsaturated/α-hetero) is 2. The van der Waals surface area contributed by atoms with Crippen LogP contribution in [0.5, 0.6) is 23.0 Å². The molecule has 0 bridgehead atoms. The van der Waals surface area contributed by atoms with Crippen LogP contribution in [-0.4, -0.2) is 42.4 Å². The van der Waals surface area contributed by atoms with E-state index < -0.39 is 29.0 Å². The molecule has 2 heterocycles. The van der Waals surface area contributed by atoms with E-state index in [1.54, 1.807) is 19.1 Å². The number of fused-ring (bicyclic) bond motifs is 1. The van der Waals surface area contributed by atoms with Gasteiger partial charge in [0.05, 0.1) is 14.2 Å². The first-order valence-corrected chi connectivity index (χ1v) is 11.2. The molecule has 176 valence electrons. The number of allylic oxidation sites excluding steroid dienone is 1. The monoisotopic (exact) mass is 483 g/mol. The first-order chi connectivity index (χ1) is 16.2. The summed E-state index contributed by atoms with van der Waals surface area (Å²) in [5, 5.41) is 12.6. The SMILES string of the molecule is COc1cc(OC)c2c(c1Cl)O[C@@]1(C(=O)C3=C(C[C@H]1C)NC(=O)C[C@H]3c1ccc(O)cc1)C2=O. The molecule has 8 nitrogen and oxygen atoms in total. The highest BCUT2D eigenvalue weighted by molar-refractivity contribution is 6.36. The third-order valence-corrected chi connectivity index (χ3v) is 7.21. The number of halogens is 1. The maximum Gasteiger partial charge on any atom is 0.236 e. The highest BCUT2D eigenvalue weighted by Gasteiger charge is 2.63. The number of ketones is 2. The van der Waals surface area contributed by atoms with Gasteiger partial charge in [0.15, 0.2) is 5.75 Å². The summed E-state index contributed by atoms with van der Waals surface area (Å²) in [6.07, 6.45) is 0.275. The van der Waals surface area contributed by atoms with Gasteiger partial charge in [-0.05, 0) is 24.1 Å². The lowest BCUT2D eigenvalue weighted by molar-refractivity contribution is -0.131. The number of ether oxygens (including phenoxy) is 3. The van der Waals surface area contributed by atoms with Gasteiger partial charge >= 0.3 is 0 Å². The van der Waals surface area contributed by atoms with E-state index in [0.29, 0.717) is 16.8 Å². The number of rotatable bonds is 3.